The van der Waals surface area contributed by atoms with Crippen LogP contribution in [0.3, 0.4) is 0 Å². The molecular weight excluding hydrogens is 280 g/mol. The van der Waals surface area contributed by atoms with Crippen LogP contribution >= 0.6 is 0 Å². The third kappa shape index (κ3) is 4.84. The van der Waals surface area contributed by atoms with E-state index in [1.807, 2.05) is 6.92 Å². The number of carbonyl (C=O) groups is 1. The second-order valence-electron chi connectivity index (χ2n) is 5.19. The fourth-order valence-corrected chi connectivity index (χ4v) is 2.21. The number of halogens is 2. The summed E-state index contributed by atoms with van der Waals surface area (Å²) in [6.07, 6.45) is 4.89. The molecule has 21 heavy (non-hydrogen) atoms. The van der Waals surface area contributed by atoms with E-state index < -0.39 is 6.61 Å². The maximum Gasteiger partial charge on any atom is 0.388 e. The molecule has 2 N–H and O–H groups in total. The van der Waals surface area contributed by atoms with E-state index >= 15 is 0 Å². The molecule has 0 saturated heterocycles. The fraction of sp³-hybridized carbons (Fsp3) is 0.571. The zero-order chi connectivity index (χ0) is 15.2. The molecule has 0 radical (unpaired) electrons. The van der Waals surface area contributed by atoms with Crippen molar-refractivity contribution in [1.29, 1.82) is 0 Å². The third-order valence-electron chi connectivity index (χ3n) is 3.68. The molecule has 0 aliphatic heterocycles. The lowest BCUT2D eigenvalue weighted by molar-refractivity contribution is -0.0529. The first-order chi connectivity index (χ1) is 10.0. The van der Waals surface area contributed by atoms with Gasteiger partial charge >= 0.3 is 12.6 Å². The number of ether oxygens (including phenoxy) is 1. The van der Waals surface area contributed by atoms with E-state index in [-0.39, 0.29) is 24.5 Å². The van der Waals surface area contributed by atoms with Crippen molar-refractivity contribution < 1.29 is 18.3 Å². The van der Waals surface area contributed by atoms with E-state index in [1.165, 1.54) is 18.7 Å². The van der Waals surface area contributed by atoms with Crippen LogP contribution in [0.5, 0.6) is 5.88 Å². The minimum atomic E-state index is -2.91. The maximum atomic E-state index is 12.1. The summed E-state index contributed by atoms with van der Waals surface area (Å²) in [5, 5.41) is 5.57. The number of rotatable bonds is 6. The number of pyridine rings is 1. The highest BCUT2D eigenvalue weighted by Crippen LogP contribution is 2.29. The summed E-state index contributed by atoms with van der Waals surface area (Å²) in [7, 11) is 0. The van der Waals surface area contributed by atoms with E-state index in [4.69, 9.17) is 0 Å². The van der Waals surface area contributed by atoms with Crippen LogP contribution in [0.4, 0.5) is 13.6 Å². The lowest BCUT2D eigenvalue weighted by Crippen LogP contribution is -2.45. The molecule has 2 amide bonds. The Kier molecular flexibility index (Phi) is 5.30. The molecule has 1 aromatic heterocycles. The molecule has 1 aromatic rings. The number of carbonyl (C=O) groups excluding carboxylic acids is 1. The van der Waals surface area contributed by atoms with Gasteiger partial charge in [-0.1, -0.05) is 6.42 Å². The molecular formula is C14H19F2N3O2. The fourth-order valence-electron chi connectivity index (χ4n) is 2.21. The van der Waals surface area contributed by atoms with Crippen molar-refractivity contribution in [3.05, 3.63) is 23.9 Å². The van der Waals surface area contributed by atoms with E-state index in [9.17, 15) is 13.6 Å². The molecule has 1 atom stereocenters. The summed E-state index contributed by atoms with van der Waals surface area (Å²) in [4.78, 5) is 15.4. The lowest BCUT2D eigenvalue weighted by Gasteiger charge is -2.31. The Morgan fingerprint density at radius 2 is 2.29 bits per heavy atom. The van der Waals surface area contributed by atoms with Gasteiger partial charge in [0, 0.05) is 24.8 Å². The third-order valence-corrected chi connectivity index (χ3v) is 3.68. The second-order valence-corrected chi connectivity index (χ2v) is 5.19. The van der Waals surface area contributed by atoms with Gasteiger partial charge in [-0.25, -0.2) is 9.78 Å². The van der Waals surface area contributed by atoms with Gasteiger partial charge < -0.3 is 15.4 Å². The molecule has 1 saturated carbocycles. The molecule has 1 heterocycles. The highest BCUT2D eigenvalue weighted by atomic mass is 19.3. The zero-order valence-corrected chi connectivity index (χ0v) is 11.8. The van der Waals surface area contributed by atoms with Crippen LogP contribution in [0.1, 0.15) is 31.7 Å². The predicted octanol–water partition coefficient (Wildman–Crippen LogP) is 2.67. The Bertz CT molecular complexity index is 481. The summed E-state index contributed by atoms with van der Waals surface area (Å²) in [5.41, 5.74) is 0.645. The molecule has 1 aliphatic rings. The van der Waals surface area contributed by atoms with Crippen LogP contribution in [0.15, 0.2) is 18.3 Å². The van der Waals surface area contributed by atoms with Crippen molar-refractivity contribution in [2.45, 2.75) is 45.4 Å². The van der Waals surface area contributed by atoms with Gasteiger partial charge in [-0.2, -0.15) is 8.78 Å². The molecule has 5 nitrogen and oxygen atoms in total. The molecule has 116 valence electrons. The first kappa shape index (κ1) is 15.5. The second kappa shape index (κ2) is 7.19. The quantitative estimate of drug-likeness (QED) is 0.849. The SMILES string of the molecule is CC(NC(=O)NCc1ccnc(OC(F)F)c1)C1CCC1. The summed E-state index contributed by atoms with van der Waals surface area (Å²) in [5.74, 6) is 0.398. The minimum absolute atomic E-state index is 0.147. The summed E-state index contributed by atoms with van der Waals surface area (Å²) in [6, 6.07) is 2.90. The monoisotopic (exact) mass is 299 g/mol. The van der Waals surface area contributed by atoms with Gasteiger partial charge in [-0.3, -0.25) is 0 Å². The standard InChI is InChI=1S/C14H19F2N3O2/c1-9(11-3-2-4-11)19-14(20)18-8-10-5-6-17-12(7-10)21-13(15)16/h5-7,9,11,13H,2-4,8H2,1H3,(H2,18,19,20). The summed E-state index contributed by atoms with van der Waals surface area (Å²) >= 11 is 0. The van der Waals surface area contributed by atoms with Crippen molar-refractivity contribution in [2.75, 3.05) is 0 Å². The normalized spacial score (nSPS) is 16.2. The van der Waals surface area contributed by atoms with Gasteiger partial charge in [0.25, 0.3) is 0 Å². The van der Waals surface area contributed by atoms with Crippen LogP contribution in [0.25, 0.3) is 0 Å². The van der Waals surface area contributed by atoms with Crippen molar-refractivity contribution in [2.24, 2.45) is 5.92 Å². The molecule has 1 aliphatic carbocycles. The minimum Gasteiger partial charge on any atom is -0.417 e. The molecule has 7 heteroatoms. The van der Waals surface area contributed by atoms with E-state index in [2.05, 4.69) is 20.4 Å². The van der Waals surface area contributed by atoms with Gasteiger partial charge in [-0.15, -0.1) is 0 Å². The van der Waals surface area contributed by atoms with E-state index in [0.717, 1.165) is 12.8 Å². The van der Waals surface area contributed by atoms with Crippen LogP contribution in [0, 0.1) is 5.92 Å². The highest BCUT2D eigenvalue weighted by molar-refractivity contribution is 5.74. The van der Waals surface area contributed by atoms with Gasteiger partial charge in [0.2, 0.25) is 5.88 Å². The van der Waals surface area contributed by atoms with Crippen LogP contribution < -0.4 is 15.4 Å². The van der Waals surface area contributed by atoms with E-state index in [1.54, 1.807) is 6.07 Å². The van der Waals surface area contributed by atoms with Gasteiger partial charge in [0.05, 0.1) is 0 Å². The Morgan fingerprint density at radius 3 is 2.90 bits per heavy atom. The smallest absolute Gasteiger partial charge is 0.388 e. The Hall–Kier alpha value is -1.92. The molecule has 0 aromatic carbocycles. The summed E-state index contributed by atoms with van der Waals surface area (Å²) < 4.78 is 28.4. The first-order valence-corrected chi connectivity index (χ1v) is 6.98. The predicted molar refractivity (Wildman–Crippen MR) is 73.0 cm³/mol. The van der Waals surface area contributed by atoms with Crippen LogP contribution in [-0.4, -0.2) is 23.7 Å². The average molecular weight is 299 g/mol. The lowest BCUT2D eigenvalue weighted by atomic mass is 9.80. The van der Waals surface area contributed by atoms with Crippen molar-refractivity contribution in [3.63, 3.8) is 0 Å². The van der Waals surface area contributed by atoms with Gasteiger partial charge in [0.15, 0.2) is 0 Å². The number of aromatic nitrogens is 1. The molecule has 1 fully saturated rings. The first-order valence-electron chi connectivity index (χ1n) is 6.98. The largest absolute Gasteiger partial charge is 0.417 e. The van der Waals surface area contributed by atoms with Crippen molar-refractivity contribution in [3.8, 4) is 5.88 Å². The number of nitrogens with one attached hydrogen (secondary N) is 2. The average Bonchev–Trinajstić information content (AvgIpc) is 2.33. The van der Waals surface area contributed by atoms with Crippen LogP contribution in [0.2, 0.25) is 0 Å². The maximum absolute atomic E-state index is 12.1. The van der Waals surface area contributed by atoms with Crippen LogP contribution in [-0.2, 0) is 6.54 Å². The molecule has 1 unspecified atom stereocenters. The van der Waals surface area contributed by atoms with E-state index in [0.29, 0.717) is 11.5 Å². The Morgan fingerprint density at radius 1 is 1.52 bits per heavy atom. The van der Waals surface area contributed by atoms with Gasteiger partial charge in [-0.05, 0) is 37.3 Å². The Labute approximate surface area is 122 Å². The van der Waals surface area contributed by atoms with Gasteiger partial charge in [0.1, 0.15) is 0 Å². The number of urea groups is 1. The van der Waals surface area contributed by atoms with Crippen molar-refractivity contribution >= 4 is 6.03 Å². The molecule has 0 spiro atoms. The number of amides is 2. The number of nitrogens with zero attached hydrogens (tertiary/aromatic N) is 1. The number of alkyl halides is 2. The number of hydrogen-bond acceptors (Lipinski definition) is 3. The van der Waals surface area contributed by atoms with Crippen molar-refractivity contribution in [1.82, 2.24) is 15.6 Å². The Balaban J connectivity index is 1.77. The highest BCUT2D eigenvalue weighted by Gasteiger charge is 2.24. The topological polar surface area (TPSA) is 63.2 Å². The number of hydrogen-bond donors (Lipinski definition) is 2. The molecule has 2 rings (SSSR count). The molecule has 0 bridgehead atoms. The summed E-state index contributed by atoms with van der Waals surface area (Å²) in [6.45, 7) is -0.692. The zero-order valence-electron chi connectivity index (χ0n) is 11.8.